The molecule has 1 heterocycles. The van der Waals surface area contributed by atoms with E-state index in [4.69, 9.17) is 4.74 Å². The smallest absolute Gasteiger partial charge is 0.304 e. The first-order chi connectivity index (χ1) is 9.49. The average molecular weight is 300 g/mol. The molecule has 0 aromatic carbocycles. The summed E-state index contributed by atoms with van der Waals surface area (Å²) in [5, 5.41) is 21.2. The van der Waals surface area contributed by atoms with Crippen molar-refractivity contribution in [2.45, 2.75) is 25.9 Å². The van der Waals surface area contributed by atoms with Gasteiger partial charge in [-0.15, -0.1) is 11.3 Å². The van der Waals surface area contributed by atoms with Crippen LogP contribution in [-0.2, 0) is 4.74 Å². The van der Waals surface area contributed by atoms with Gasteiger partial charge in [0.2, 0.25) is 0 Å². The number of anilines is 1. The van der Waals surface area contributed by atoms with Gasteiger partial charge in [0.25, 0.3) is 0 Å². The maximum Gasteiger partial charge on any atom is 0.304 e. The normalized spacial score (nSPS) is 16.1. The van der Waals surface area contributed by atoms with Gasteiger partial charge in [-0.2, -0.15) is 0 Å². The highest BCUT2D eigenvalue weighted by atomic mass is 32.1. The minimum absolute atomic E-state index is 0.0515. The second-order valence-electron chi connectivity index (χ2n) is 5.21. The number of hydrogen-bond acceptors (Lipinski definition) is 6. The van der Waals surface area contributed by atoms with E-state index < -0.39 is 11.0 Å². The monoisotopic (exact) mass is 300 g/mol. The zero-order valence-corrected chi connectivity index (χ0v) is 12.6. The summed E-state index contributed by atoms with van der Waals surface area (Å²) in [6.45, 7) is 3.57. The van der Waals surface area contributed by atoms with E-state index in [1.54, 1.807) is 6.92 Å². The summed E-state index contributed by atoms with van der Waals surface area (Å²) in [6, 6.07) is 1.45. The minimum Gasteiger partial charge on any atom is -0.388 e. The van der Waals surface area contributed by atoms with Crippen LogP contribution in [0.4, 0.5) is 10.7 Å². The average Bonchev–Trinajstić information content (AvgIpc) is 3.08. The van der Waals surface area contributed by atoms with Gasteiger partial charge in [-0.1, -0.05) is 0 Å². The van der Waals surface area contributed by atoms with Crippen LogP contribution in [0.25, 0.3) is 0 Å². The summed E-state index contributed by atoms with van der Waals surface area (Å²) < 4.78 is 5.55. The second kappa shape index (κ2) is 6.51. The van der Waals surface area contributed by atoms with Crippen molar-refractivity contribution in [2.75, 3.05) is 31.7 Å². The van der Waals surface area contributed by atoms with Gasteiger partial charge in [0.1, 0.15) is 0 Å². The third kappa shape index (κ3) is 3.91. The van der Waals surface area contributed by atoms with Crippen molar-refractivity contribution in [2.24, 2.45) is 5.92 Å². The van der Waals surface area contributed by atoms with Crippen molar-refractivity contribution in [1.29, 1.82) is 0 Å². The largest absolute Gasteiger partial charge is 0.388 e. The van der Waals surface area contributed by atoms with Gasteiger partial charge in [0.15, 0.2) is 5.00 Å². The predicted molar refractivity (Wildman–Crippen MR) is 78.4 cm³/mol. The molecule has 1 aliphatic rings. The molecule has 0 aliphatic heterocycles. The molecule has 1 fully saturated rings. The molecule has 20 heavy (non-hydrogen) atoms. The van der Waals surface area contributed by atoms with Gasteiger partial charge in [-0.3, -0.25) is 10.1 Å². The van der Waals surface area contributed by atoms with Gasteiger partial charge in [0, 0.05) is 31.1 Å². The molecule has 1 atom stereocenters. The number of aliphatic hydroxyl groups excluding tert-OH is 1. The highest BCUT2D eigenvalue weighted by Crippen LogP contribution is 2.39. The van der Waals surface area contributed by atoms with Crippen molar-refractivity contribution in [3.63, 3.8) is 0 Å². The van der Waals surface area contributed by atoms with E-state index in [1.165, 1.54) is 30.2 Å². The van der Waals surface area contributed by atoms with Gasteiger partial charge >= 0.3 is 5.69 Å². The van der Waals surface area contributed by atoms with E-state index in [0.29, 0.717) is 23.0 Å². The molecular formula is C13H20N2O4S. The highest BCUT2D eigenvalue weighted by Gasteiger charge is 2.24. The summed E-state index contributed by atoms with van der Waals surface area (Å²) in [4.78, 5) is 13.1. The fraction of sp³-hybridized carbons (Fsp3) is 0.692. The van der Waals surface area contributed by atoms with Gasteiger partial charge in [-0.05, 0) is 25.7 Å². The number of hydrogen-bond donors (Lipinski definition) is 1. The number of aliphatic hydroxyl groups is 1. The third-order valence-electron chi connectivity index (χ3n) is 3.29. The highest BCUT2D eigenvalue weighted by molar-refractivity contribution is 7.16. The van der Waals surface area contributed by atoms with E-state index in [-0.39, 0.29) is 5.69 Å². The van der Waals surface area contributed by atoms with Crippen LogP contribution in [0.5, 0.6) is 0 Å². The maximum absolute atomic E-state index is 11.1. The quantitative estimate of drug-likeness (QED) is 0.453. The first-order valence-electron chi connectivity index (χ1n) is 6.74. The molecule has 7 heteroatoms. The lowest BCUT2D eigenvalue weighted by Gasteiger charge is -2.16. The van der Waals surface area contributed by atoms with Crippen LogP contribution in [0.2, 0.25) is 0 Å². The van der Waals surface area contributed by atoms with Crippen molar-refractivity contribution in [1.82, 2.24) is 0 Å². The van der Waals surface area contributed by atoms with Crippen molar-refractivity contribution in [3.05, 3.63) is 21.1 Å². The molecule has 1 aromatic rings. The SMILES string of the molecule is C[C@H](O)c1cc([N+](=O)[O-])c(N(C)CCOCC2CC2)s1. The Kier molecular flexibility index (Phi) is 4.95. The van der Waals surface area contributed by atoms with Crippen molar-refractivity contribution in [3.8, 4) is 0 Å². The van der Waals surface area contributed by atoms with E-state index in [0.717, 1.165) is 12.5 Å². The Balaban J connectivity index is 1.95. The van der Waals surface area contributed by atoms with Crippen LogP contribution in [-0.4, -0.2) is 36.8 Å². The van der Waals surface area contributed by atoms with E-state index in [2.05, 4.69) is 0 Å². The zero-order valence-electron chi connectivity index (χ0n) is 11.7. The Morgan fingerprint density at radius 3 is 2.90 bits per heavy atom. The predicted octanol–water partition coefficient (Wildman–Crippen LogP) is 2.57. The number of nitro groups is 1. The van der Waals surface area contributed by atoms with Crippen LogP contribution in [0.1, 0.15) is 30.7 Å². The molecule has 1 saturated carbocycles. The summed E-state index contributed by atoms with van der Waals surface area (Å²) in [6.07, 6.45) is 1.82. The first kappa shape index (κ1) is 15.2. The lowest BCUT2D eigenvalue weighted by atomic mass is 10.3. The molecule has 0 radical (unpaired) electrons. The minimum atomic E-state index is -0.688. The molecule has 112 valence electrons. The van der Waals surface area contributed by atoms with Crippen LogP contribution >= 0.6 is 11.3 Å². The molecule has 0 spiro atoms. The number of ether oxygens (including phenoxy) is 1. The molecule has 1 aromatic heterocycles. The van der Waals surface area contributed by atoms with E-state index in [9.17, 15) is 15.2 Å². The van der Waals surface area contributed by atoms with Crippen LogP contribution in [0.3, 0.4) is 0 Å². The molecule has 0 unspecified atom stereocenters. The van der Waals surface area contributed by atoms with Crippen molar-refractivity contribution < 1.29 is 14.8 Å². The molecule has 0 saturated heterocycles. The van der Waals surface area contributed by atoms with Crippen LogP contribution < -0.4 is 4.90 Å². The molecule has 0 amide bonds. The molecular weight excluding hydrogens is 280 g/mol. The molecule has 0 bridgehead atoms. The fourth-order valence-electron chi connectivity index (χ4n) is 1.84. The van der Waals surface area contributed by atoms with E-state index in [1.807, 2.05) is 11.9 Å². The standard InChI is InChI=1S/C13H20N2O4S/c1-9(16)12-7-11(15(17)18)13(20-12)14(2)5-6-19-8-10-3-4-10/h7,9-10,16H,3-6,8H2,1-2H3/t9-/m0/s1. The van der Waals surface area contributed by atoms with Gasteiger partial charge in [0.05, 0.1) is 17.6 Å². The first-order valence-corrected chi connectivity index (χ1v) is 7.55. The fourth-order valence-corrected chi connectivity index (χ4v) is 2.89. The summed E-state index contributed by atoms with van der Waals surface area (Å²) >= 11 is 1.26. The van der Waals surface area contributed by atoms with E-state index >= 15 is 0 Å². The number of thiophene rings is 1. The number of likely N-dealkylation sites (N-methyl/N-ethyl adjacent to an activating group) is 1. The zero-order chi connectivity index (χ0) is 14.7. The van der Waals surface area contributed by atoms with Crippen molar-refractivity contribution >= 4 is 22.0 Å². The maximum atomic E-state index is 11.1. The lowest BCUT2D eigenvalue weighted by molar-refractivity contribution is -0.383. The van der Waals surface area contributed by atoms with Crippen LogP contribution in [0.15, 0.2) is 6.07 Å². The Morgan fingerprint density at radius 2 is 2.35 bits per heavy atom. The third-order valence-corrected chi connectivity index (χ3v) is 4.70. The Bertz CT molecular complexity index is 471. The summed E-state index contributed by atoms with van der Waals surface area (Å²) in [5.41, 5.74) is 0.0515. The number of rotatable bonds is 8. The summed E-state index contributed by atoms with van der Waals surface area (Å²) in [7, 11) is 1.81. The van der Waals surface area contributed by atoms with Gasteiger partial charge in [-0.25, -0.2) is 0 Å². The molecule has 1 aliphatic carbocycles. The topological polar surface area (TPSA) is 75.8 Å². The Hall–Kier alpha value is -1.18. The Labute approximate surface area is 122 Å². The van der Waals surface area contributed by atoms with Gasteiger partial charge < -0.3 is 14.7 Å². The second-order valence-corrected chi connectivity index (χ2v) is 6.27. The Morgan fingerprint density at radius 1 is 1.65 bits per heavy atom. The molecule has 2 rings (SSSR count). The lowest BCUT2D eigenvalue weighted by Crippen LogP contribution is -2.22. The number of nitrogens with zero attached hydrogens (tertiary/aromatic N) is 2. The molecule has 6 nitrogen and oxygen atoms in total. The van der Waals surface area contributed by atoms with Crippen LogP contribution in [0, 0.1) is 16.0 Å². The molecule has 1 N–H and O–H groups in total. The summed E-state index contributed by atoms with van der Waals surface area (Å²) in [5.74, 6) is 0.721.